The number of nitrogens with one attached hydrogen (secondary N) is 1. The van der Waals surface area contributed by atoms with Crippen molar-refractivity contribution in [3.05, 3.63) is 0 Å². The molecule has 3 atom stereocenters. The second-order valence-corrected chi connectivity index (χ2v) is 18.1. The average Bonchev–Trinajstić information content (AvgIpc) is 3.20. The summed E-state index contributed by atoms with van der Waals surface area (Å²) in [5.74, 6) is -2.36. The number of carbonyl (C=O) groups excluding carboxylic acids is 2. The molecule has 0 spiro atoms. The zero-order chi connectivity index (χ0) is 42.8. The van der Waals surface area contributed by atoms with Gasteiger partial charge in [0.25, 0.3) is 0 Å². The minimum atomic E-state index is -4.75. The van der Waals surface area contributed by atoms with Gasteiger partial charge in [-0.05, 0) is 12.8 Å². The zero-order valence-corrected chi connectivity index (χ0v) is 38.3. The predicted molar refractivity (Wildman–Crippen MR) is 236 cm³/mol. The smallest absolute Gasteiger partial charge is 0.472 e. The Bertz CT molecular complexity index is 1000. The van der Waals surface area contributed by atoms with Gasteiger partial charge in [-0.1, -0.05) is 219 Å². The van der Waals surface area contributed by atoms with Gasteiger partial charge in [-0.3, -0.25) is 18.6 Å². The Kier molecular flexibility index (Phi) is 41.1. The standard InChI is InChI=1S/C46H90NO10P/c1-3-5-7-9-11-13-15-16-17-18-19-20-21-22-23-24-25-26-27-28-30-32-34-36-38-45(50)55-39-42(48)40-56-58(53,54)57-41-43(46(51)52)47-44(49)37-35-33-31-29-14-12-10-8-6-4-2/h42-43,48H,3-41H2,1-2H3,(H,47,49)(H,51,52)(H,53,54). The van der Waals surface area contributed by atoms with E-state index >= 15 is 0 Å². The van der Waals surface area contributed by atoms with Gasteiger partial charge in [0, 0.05) is 12.8 Å². The topological polar surface area (TPSA) is 169 Å². The second-order valence-electron chi connectivity index (χ2n) is 16.7. The number of carboxylic acid groups (broad SMARTS) is 1. The molecule has 4 N–H and O–H groups in total. The van der Waals surface area contributed by atoms with E-state index in [1.165, 1.54) is 167 Å². The molecule has 58 heavy (non-hydrogen) atoms. The maximum atomic E-state index is 12.3. The summed E-state index contributed by atoms with van der Waals surface area (Å²) >= 11 is 0. The van der Waals surface area contributed by atoms with Crippen LogP contribution in [-0.2, 0) is 32.7 Å². The number of aliphatic carboxylic acids is 1. The molecule has 0 saturated carbocycles. The Morgan fingerprint density at radius 1 is 0.483 bits per heavy atom. The highest BCUT2D eigenvalue weighted by atomic mass is 31.2. The Morgan fingerprint density at radius 2 is 0.793 bits per heavy atom. The monoisotopic (exact) mass is 848 g/mol. The number of hydrogen-bond acceptors (Lipinski definition) is 8. The van der Waals surface area contributed by atoms with E-state index in [-0.39, 0.29) is 12.8 Å². The largest absolute Gasteiger partial charge is 0.480 e. The fourth-order valence-corrected chi connectivity index (χ4v) is 7.91. The molecule has 3 unspecified atom stereocenters. The lowest BCUT2D eigenvalue weighted by Crippen LogP contribution is -2.43. The summed E-state index contributed by atoms with van der Waals surface area (Å²) in [6.45, 7) is 2.61. The quantitative estimate of drug-likeness (QED) is 0.0263. The molecule has 1 amide bonds. The molecule has 0 saturated heterocycles. The highest BCUT2D eigenvalue weighted by Gasteiger charge is 2.28. The molecule has 0 radical (unpaired) electrons. The summed E-state index contributed by atoms with van der Waals surface area (Å²) < 4.78 is 26.8. The number of phosphoric acid groups is 1. The maximum absolute atomic E-state index is 12.3. The third-order valence-corrected chi connectivity index (χ3v) is 11.8. The molecule has 12 heteroatoms. The SMILES string of the molecule is CCCCCCCCCCCCCCCCCCCCCCCCCCC(=O)OCC(O)COP(=O)(O)OCC(NC(=O)CCCCCCCCCCCC)C(=O)O. The van der Waals surface area contributed by atoms with Gasteiger partial charge >= 0.3 is 19.8 Å². The van der Waals surface area contributed by atoms with Crippen LogP contribution in [0.25, 0.3) is 0 Å². The lowest BCUT2D eigenvalue weighted by molar-refractivity contribution is -0.147. The van der Waals surface area contributed by atoms with Crippen LogP contribution in [0.2, 0.25) is 0 Å². The second kappa shape index (κ2) is 42.2. The molecule has 344 valence electrons. The lowest BCUT2D eigenvalue weighted by atomic mass is 10.0. The van der Waals surface area contributed by atoms with Crippen molar-refractivity contribution in [2.45, 2.75) is 257 Å². The van der Waals surface area contributed by atoms with Gasteiger partial charge < -0.3 is 25.2 Å². The number of phosphoric ester groups is 1. The fourth-order valence-electron chi connectivity index (χ4n) is 7.14. The van der Waals surface area contributed by atoms with E-state index in [9.17, 15) is 34.1 Å². The molecule has 0 aliphatic rings. The van der Waals surface area contributed by atoms with Gasteiger partial charge in [-0.15, -0.1) is 0 Å². The normalized spacial score (nSPS) is 13.6. The number of unbranched alkanes of at least 4 members (excludes halogenated alkanes) is 32. The molecule has 0 heterocycles. The van der Waals surface area contributed by atoms with Crippen LogP contribution in [0.3, 0.4) is 0 Å². The molecular weight excluding hydrogens is 757 g/mol. The van der Waals surface area contributed by atoms with Gasteiger partial charge in [0.05, 0.1) is 13.2 Å². The van der Waals surface area contributed by atoms with Crippen molar-refractivity contribution in [3.8, 4) is 0 Å². The summed E-state index contributed by atoms with van der Waals surface area (Å²) in [4.78, 5) is 45.8. The van der Waals surface area contributed by atoms with Crippen LogP contribution in [-0.4, -0.2) is 64.9 Å². The van der Waals surface area contributed by atoms with Crippen LogP contribution in [0.15, 0.2) is 0 Å². The number of amides is 1. The number of ether oxygens (including phenoxy) is 1. The van der Waals surface area contributed by atoms with Gasteiger partial charge in [0.1, 0.15) is 12.7 Å². The minimum absolute atomic E-state index is 0.151. The Hall–Kier alpha value is -1.52. The third-order valence-electron chi connectivity index (χ3n) is 10.9. The molecule has 0 rings (SSSR count). The first-order chi connectivity index (χ1) is 28.1. The molecule has 0 aromatic carbocycles. The van der Waals surface area contributed by atoms with E-state index in [1.807, 2.05) is 0 Å². The van der Waals surface area contributed by atoms with Gasteiger partial charge in [-0.25, -0.2) is 9.36 Å². The third kappa shape index (κ3) is 41.2. The molecule has 0 aromatic heterocycles. The minimum Gasteiger partial charge on any atom is -0.480 e. The number of carboxylic acids is 1. The van der Waals surface area contributed by atoms with Crippen LogP contribution in [0.5, 0.6) is 0 Å². The van der Waals surface area contributed by atoms with E-state index in [1.54, 1.807) is 0 Å². The summed E-state index contributed by atoms with van der Waals surface area (Å²) in [7, 11) is -4.75. The van der Waals surface area contributed by atoms with Crippen LogP contribution in [0.1, 0.15) is 245 Å². The van der Waals surface area contributed by atoms with Gasteiger partial charge in [-0.2, -0.15) is 0 Å². The first-order valence-electron chi connectivity index (χ1n) is 24.1. The molecule has 0 bridgehead atoms. The van der Waals surface area contributed by atoms with Crippen molar-refractivity contribution in [1.82, 2.24) is 5.32 Å². The van der Waals surface area contributed by atoms with Crippen LogP contribution >= 0.6 is 7.82 Å². The maximum Gasteiger partial charge on any atom is 0.472 e. The molecule has 0 aromatic rings. The van der Waals surface area contributed by atoms with E-state index in [2.05, 4.69) is 19.2 Å². The van der Waals surface area contributed by atoms with Crippen LogP contribution in [0, 0.1) is 0 Å². The highest BCUT2D eigenvalue weighted by molar-refractivity contribution is 7.47. The number of hydrogen-bond donors (Lipinski definition) is 4. The lowest BCUT2D eigenvalue weighted by Gasteiger charge is -2.18. The molecule has 0 fully saturated rings. The van der Waals surface area contributed by atoms with Crippen molar-refractivity contribution in [1.29, 1.82) is 0 Å². The van der Waals surface area contributed by atoms with E-state index < -0.39 is 57.6 Å². The molecule has 0 aliphatic heterocycles. The van der Waals surface area contributed by atoms with E-state index in [0.717, 1.165) is 38.5 Å². The Balaban J connectivity index is 3.72. The van der Waals surface area contributed by atoms with Gasteiger partial charge in [0.15, 0.2) is 6.04 Å². The van der Waals surface area contributed by atoms with Crippen LogP contribution < -0.4 is 5.32 Å². The van der Waals surface area contributed by atoms with Crippen molar-refractivity contribution < 1.29 is 47.8 Å². The summed E-state index contributed by atoms with van der Waals surface area (Å²) in [6, 6.07) is -1.54. The number of esters is 1. The summed E-state index contributed by atoms with van der Waals surface area (Å²) in [6.07, 6.45) is 41.5. The number of aliphatic hydroxyl groups is 1. The summed E-state index contributed by atoms with van der Waals surface area (Å²) in [5, 5.41) is 21.8. The fraction of sp³-hybridized carbons (Fsp3) is 0.935. The number of carbonyl (C=O) groups is 3. The van der Waals surface area contributed by atoms with Crippen molar-refractivity contribution in [2.24, 2.45) is 0 Å². The zero-order valence-electron chi connectivity index (χ0n) is 37.4. The Morgan fingerprint density at radius 3 is 1.14 bits per heavy atom. The average molecular weight is 848 g/mol. The first-order valence-corrected chi connectivity index (χ1v) is 25.6. The molecule has 11 nitrogen and oxygen atoms in total. The first kappa shape index (κ1) is 56.5. The van der Waals surface area contributed by atoms with Crippen molar-refractivity contribution >= 4 is 25.7 Å². The molecular formula is C46H90NO10P. The van der Waals surface area contributed by atoms with Gasteiger partial charge in [0.2, 0.25) is 5.91 Å². The molecule has 0 aliphatic carbocycles. The van der Waals surface area contributed by atoms with Crippen molar-refractivity contribution in [3.63, 3.8) is 0 Å². The highest BCUT2D eigenvalue weighted by Crippen LogP contribution is 2.43. The van der Waals surface area contributed by atoms with E-state index in [4.69, 9.17) is 13.8 Å². The Labute approximate surface area is 354 Å². The number of aliphatic hydroxyl groups excluding tert-OH is 1. The summed E-state index contributed by atoms with van der Waals surface area (Å²) in [5.41, 5.74) is 0. The van der Waals surface area contributed by atoms with Crippen LogP contribution in [0.4, 0.5) is 0 Å². The number of rotatable bonds is 46. The predicted octanol–water partition coefficient (Wildman–Crippen LogP) is 12.7. The van der Waals surface area contributed by atoms with E-state index in [0.29, 0.717) is 12.8 Å². The van der Waals surface area contributed by atoms with Crippen molar-refractivity contribution in [2.75, 3.05) is 19.8 Å².